The number of aromatic nitrogens is 4. The summed E-state index contributed by atoms with van der Waals surface area (Å²) in [7, 11) is 0. The van der Waals surface area contributed by atoms with E-state index in [0.717, 1.165) is 10.7 Å². The Morgan fingerprint density at radius 1 is 1.20 bits per heavy atom. The smallest absolute Gasteiger partial charge is 0.151 e. The number of nitrogens with zero attached hydrogens (tertiary/aromatic N) is 4. The topological polar surface area (TPSA) is 51.6 Å². The van der Waals surface area contributed by atoms with Gasteiger partial charge in [0.1, 0.15) is 5.03 Å². The van der Waals surface area contributed by atoms with Crippen LogP contribution in [-0.2, 0) is 5.75 Å². The molecule has 0 spiro atoms. The van der Waals surface area contributed by atoms with Gasteiger partial charge in [-0.3, -0.25) is 4.98 Å². The second kappa shape index (κ2) is 5.04. The molecule has 2 rings (SSSR count). The lowest BCUT2D eigenvalue weighted by Gasteiger charge is -1.98. The Morgan fingerprint density at radius 2 is 2.13 bits per heavy atom. The molecule has 0 aliphatic rings. The lowest BCUT2D eigenvalue weighted by molar-refractivity contribution is 0.968. The molecule has 0 aliphatic carbocycles. The van der Waals surface area contributed by atoms with Crippen LogP contribution in [0.25, 0.3) is 0 Å². The molecule has 0 saturated heterocycles. The van der Waals surface area contributed by atoms with Crippen LogP contribution in [0.3, 0.4) is 0 Å². The van der Waals surface area contributed by atoms with Crippen LogP contribution in [0.5, 0.6) is 0 Å². The first kappa shape index (κ1) is 10.3. The molecule has 4 nitrogen and oxygen atoms in total. The molecule has 0 aromatic carbocycles. The van der Waals surface area contributed by atoms with Gasteiger partial charge in [0.05, 0.1) is 11.9 Å². The Labute approximate surface area is 96.1 Å². The van der Waals surface area contributed by atoms with Gasteiger partial charge < -0.3 is 0 Å². The number of hydrogen-bond acceptors (Lipinski definition) is 5. The van der Waals surface area contributed by atoms with Crippen molar-refractivity contribution in [1.29, 1.82) is 0 Å². The number of thioether (sulfide) groups is 1. The highest BCUT2D eigenvalue weighted by Crippen LogP contribution is 2.18. The lowest BCUT2D eigenvalue weighted by atomic mass is 10.4. The van der Waals surface area contributed by atoms with Crippen molar-refractivity contribution in [2.24, 2.45) is 0 Å². The zero-order valence-electron chi connectivity index (χ0n) is 7.67. The minimum Gasteiger partial charge on any atom is -0.260 e. The summed E-state index contributed by atoms with van der Waals surface area (Å²) in [5.41, 5.74) is 0.870. The van der Waals surface area contributed by atoms with Gasteiger partial charge in [-0.1, -0.05) is 23.4 Å². The van der Waals surface area contributed by atoms with Crippen molar-refractivity contribution in [1.82, 2.24) is 20.2 Å². The third kappa shape index (κ3) is 3.14. The molecule has 0 saturated carbocycles. The third-order valence-corrected chi connectivity index (χ3v) is 2.74. The van der Waals surface area contributed by atoms with E-state index in [9.17, 15) is 0 Å². The molecule has 2 heterocycles. The zero-order chi connectivity index (χ0) is 10.5. The van der Waals surface area contributed by atoms with Crippen LogP contribution in [0, 0.1) is 0 Å². The molecule has 0 fully saturated rings. The van der Waals surface area contributed by atoms with Gasteiger partial charge in [0.25, 0.3) is 0 Å². The average Bonchev–Trinajstić information content (AvgIpc) is 2.30. The molecule has 2 aromatic heterocycles. The molecule has 0 bridgehead atoms. The second-order valence-corrected chi connectivity index (χ2v) is 4.06. The van der Waals surface area contributed by atoms with E-state index in [4.69, 9.17) is 11.6 Å². The fourth-order valence-corrected chi connectivity index (χ4v) is 1.75. The summed E-state index contributed by atoms with van der Waals surface area (Å²) in [6.45, 7) is 0. The molecule has 2 aromatic rings. The van der Waals surface area contributed by atoms with Crippen molar-refractivity contribution in [3.05, 3.63) is 41.6 Å². The fourth-order valence-electron chi connectivity index (χ4n) is 0.928. The molecule has 6 heteroatoms. The largest absolute Gasteiger partial charge is 0.260 e. The Balaban J connectivity index is 1.96. The highest BCUT2D eigenvalue weighted by Gasteiger charge is 1.99. The summed E-state index contributed by atoms with van der Waals surface area (Å²) in [5, 5.41) is 8.98. The van der Waals surface area contributed by atoms with Crippen LogP contribution in [-0.4, -0.2) is 20.2 Å². The Kier molecular flexibility index (Phi) is 3.47. The minimum atomic E-state index is 0.406. The first-order valence-electron chi connectivity index (χ1n) is 4.21. The van der Waals surface area contributed by atoms with Crippen molar-refractivity contribution < 1.29 is 0 Å². The number of hydrogen-bond donors (Lipinski definition) is 0. The average molecular weight is 239 g/mol. The third-order valence-electron chi connectivity index (χ3n) is 1.59. The van der Waals surface area contributed by atoms with Crippen molar-refractivity contribution in [2.45, 2.75) is 10.8 Å². The number of rotatable bonds is 3. The summed E-state index contributed by atoms with van der Waals surface area (Å²) in [4.78, 5) is 8.11. The second-order valence-electron chi connectivity index (χ2n) is 2.68. The van der Waals surface area contributed by atoms with Gasteiger partial charge in [0.15, 0.2) is 5.15 Å². The summed E-state index contributed by atoms with van der Waals surface area (Å²) in [6.07, 6.45) is 5.02. The Bertz CT molecular complexity index is 420. The molecule has 0 radical (unpaired) electrons. The lowest BCUT2D eigenvalue weighted by Crippen LogP contribution is -1.90. The van der Waals surface area contributed by atoms with Gasteiger partial charge in [0.2, 0.25) is 0 Å². The summed E-state index contributed by atoms with van der Waals surface area (Å²) >= 11 is 7.19. The molecule has 0 atom stereocenters. The van der Waals surface area contributed by atoms with Crippen molar-refractivity contribution in [2.75, 3.05) is 0 Å². The normalized spacial score (nSPS) is 10.2. The minimum absolute atomic E-state index is 0.406. The van der Waals surface area contributed by atoms with Crippen LogP contribution >= 0.6 is 23.4 Å². The molecule has 76 valence electrons. The first-order chi connectivity index (χ1) is 7.34. The van der Waals surface area contributed by atoms with Crippen molar-refractivity contribution >= 4 is 23.4 Å². The Morgan fingerprint density at radius 3 is 2.80 bits per heavy atom. The molecular formula is C9H7ClN4S. The van der Waals surface area contributed by atoms with E-state index >= 15 is 0 Å². The van der Waals surface area contributed by atoms with Crippen LogP contribution in [0.4, 0.5) is 0 Å². The predicted molar refractivity (Wildman–Crippen MR) is 58.6 cm³/mol. The van der Waals surface area contributed by atoms with Crippen LogP contribution in [0.15, 0.2) is 35.7 Å². The van der Waals surface area contributed by atoms with E-state index in [2.05, 4.69) is 20.2 Å². The summed E-state index contributed by atoms with van der Waals surface area (Å²) in [5.74, 6) is 0.711. The highest BCUT2D eigenvalue weighted by molar-refractivity contribution is 7.98. The van der Waals surface area contributed by atoms with Gasteiger partial charge in [-0.05, 0) is 12.1 Å². The monoisotopic (exact) mass is 238 g/mol. The van der Waals surface area contributed by atoms with E-state index in [1.165, 1.54) is 0 Å². The zero-order valence-corrected chi connectivity index (χ0v) is 9.24. The van der Waals surface area contributed by atoms with Crippen molar-refractivity contribution in [3.63, 3.8) is 0 Å². The molecule has 0 N–H and O–H groups in total. The molecule has 0 unspecified atom stereocenters. The van der Waals surface area contributed by atoms with Gasteiger partial charge >= 0.3 is 0 Å². The van der Waals surface area contributed by atoms with Crippen LogP contribution in [0.1, 0.15) is 5.69 Å². The number of halogens is 1. The fraction of sp³-hybridized carbons (Fsp3) is 0.111. The maximum atomic E-state index is 5.63. The standard InChI is InChI=1S/C9H7ClN4S/c10-8-2-1-7(13-14-8)6-15-9-5-11-3-4-12-9/h1-5H,6H2. The summed E-state index contributed by atoms with van der Waals surface area (Å²) in [6, 6.07) is 3.57. The SMILES string of the molecule is Clc1ccc(CSc2cnccn2)nn1. The summed E-state index contributed by atoms with van der Waals surface area (Å²) < 4.78 is 0. The molecular weight excluding hydrogens is 232 g/mol. The van der Waals surface area contributed by atoms with Crippen molar-refractivity contribution in [3.8, 4) is 0 Å². The van der Waals surface area contributed by atoms with E-state index in [-0.39, 0.29) is 0 Å². The van der Waals surface area contributed by atoms with Gasteiger partial charge in [-0.2, -0.15) is 5.10 Å². The van der Waals surface area contributed by atoms with Gasteiger partial charge in [0, 0.05) is 18.1 Å². The van der Waals surface area contributed by atoms with Gasteiger partial charge in [-0.15, -0.1) is 5.10 Å². The van der Waals surface area contributed by atoms with E-state index in [0.29, 0.717) is 10.9 Å². The molecule has 0 aliphatic heterocycles. The maximum absolute atomic E-state index is 5.63. The van der Waals surface area contributed by atoms with Crippen LogP contribution in [0.2, 0.25) is 5.15 Å². The first-order valence-corrected chi connectivity index (χ1v) is 5.58. The predicted octanol–water partition coefficient (Wildman–Crippen LogP) is 2.21. The van der Waals surface area contributed by atoms with Gasteiger partial charge in [-0.25, -0.2) is 4.98 Å². The van der Waals surface area contributed by atoms with E-state index in [1.54, 1.807) is 36.4 Å². The van der Waals surface area contributed by atoms with Crippen LogP contribution < -0.4 is 0 Å². The molecule has 0 amide bonds. The van der Waals surface area contributed by atoms with E-state index < -0.39 is 0 Å². The Hall–Kier alpha value is -1.20. The molecule has 15 heavy (non-hydrogen) atoms. The van der Waals surface area contributed by atoms with E-state index in [1.807, 2.05) is 6.07 Å². The maximum Gasteiger partial charge on any atom is 0.151 e. The highest BCUT2D eigenvalue weighted by atomic mass is 35.5. The quantitative estimate of drug-likeness (QED) is 0.768.